The molecule has 0 amide bonds. The second kappa shape index (κ2) is 7.41. The van der Waals surface area contributed by atoms with Crippen molar-refractivity contribution in [2.75, 3.05) is 18.1 Å². The van der Waals surface area contributed by atoms with Crippen LogP contribution in [0, 0.1) is 0 Å². The van der Waals surface area contributed by atoms with Gasteiger partial charge in [0.2, 0.25) is 0 Å². The third-order valence-electron chi connectivity index (χ3n) is 4.33. The van der Waals surface area contributed by atoms with Crippen LogP contribution in [0.2, 0.25) is 0 Å². The third kappa shape index (κ3) is 3.50. The van der Waals surface area contributed by atoms with E-state index in [1.807, 2.05) is 12.1 Å². The Kier molecular flexibility index (Phi) is 5.27. The number of aliphatic hydroxyl groups is 1. The van der Waals surface area contributed by atoms with E-state index in [2.05, 4.69) is 76.1 Å². The Bertz CT molecular complexity index is 825. The van der Waals surface area contributed by atoms with E-state index >= 15 is 0 Å². The van der Waals surface area contributed by atoms with Gasteiger partial charge >= 0.3 is 0 Å². The summed E-state index contributed by atoms with van der Waals surface area (Å²) < 4.78 is 1.10. The van der Waals surface area contributed by atoms with Crippen molar-refractivity contribution in [2.45, 2.75) is 26.3 Å². The first kappa shape index (κ1) is 17.1. The van der Waals surface area contributed by atoms with Crippen LogP contribution in [-0.2, 0) is 6.54 Å². The average molecular weight is 387 g/mol. The molecule has 24 heavy (non-hydrogen) atoms. The van der Waals surface area contributed by atoms with Crippen molar-refractivity contribution >= 4 is 32.5 Å². The van der Waals surface area contributed by atoms with Gasteiger partial charge in [0.25, 0.3) is 0 Å². The highest BCUT2D eigenvalue weighted by Crippen LogP contribution is 2.30. The number of fused-ring (bicyclic) bond motifs is 1. The van der Waals surface area contributed by atoms with Crippen LogP contribution in [0.4, 0.5) is 5.69 Å². The SMILES string of the molecule is CC(C)c1cccc(N(CCO)Cc2[nH]c3ccccc3c2Br)c1. The maximum absolute atomic E-state index is 9.50. The van der Waals surface area contributed by atoms with Gasteiger partial charge in [0, 0.05) is 33.3 Å². The van der Waals surface area contributed by atoms with Gasteiger partial charge in [-0.2, -0.15) is 0 Å². The Morgan fingerprint density at radius 3 is 2.62 bits per heavy atom. The van der Waals surface area contributed by atoms with E-state index in [0.717, 1.165) is 27.9 Å². The lowest BCUT2D eigenvalue weighted by Crippen LogP contribution is -2.26. The molecule has 0 bridgehead atoms. The van der Waals surface area contributed by atoms with Crippen molar-refractivity contribution in [2.24, 2.45) is 0 Å². The van der Waals surface area contributed by atoms with E-state index in [9.17, 15) is 5.11 Å². The molecule has 4 heteroatoms. The molecule has 0 spiro atoms. The van der Waals surface area contributed by atoms with Crippen LogP contribution >= 0.6 is 15.9 Å². The number of hydrogen-bond donors (Lipinski definition) is 2. The van der Waals surface area contributed by atoms with Crippen LogP contribution in [0.25, 0.3) is 10.9 Å². The van der Waals surface area contributed by atoms with Gasteiger partial charge in [-0.25, -0.2) is 0 Å². The number of rotatable bonds is 6. The fourth-order valence-electron chi connectivity index (χ4n) is 2.96. The first-order valence-corrected chi connectivity index (χ1v) is 9.10. The number of nitrogens with zero attached hydrogens (tertiary/aromatic N) is 1. The topological polar surface area (TPSA) is 39.3 Å². The van der Waals surface area contributed by atoms with Crippen LogP contribution in [0.1, 0.15) is 31.0 Å². The van der Waals surface area contributed by atoms with Crippen molar-refractivity contribution in [3.8, 4) is 0 Å². The fraction of sp³-hybridized carbons (Fsp3) is 0.300. The van der Waals surface area contributed by atoms with Gasteiger partial charge in [-0.15, -0.1) is 0 Å². The highest BCUT2D eigenvalue weighted by atomic mass is 79.9. The monoisotopic (exact) mass is 386 g/mol. The molecule has 0 unspecified atom stereocenters. The molecule has 0 aliphatic heterocycles. The van der Waals surface area contributed by atoms with Gasteiger partial charge in [0.05, 0.1) is 13.2 Å². The molecule has 1 heterocycles. The highest BCUT2D eigenvalue weighted by Gasteiger charge is 2.14. The molecule has 0 aliphatic rings. The van der Waals surface area contributed by atoms with Crippen molar-refractivity contribution < 1.29 is 5.11 Å². The molecule has 3 nitrogen and oxygen atoms in total. The molecule has 2 aromatic carbocycles. The van der Waals surface area contributed by atoms with E-state index in [1.54, 1.807) is 0 Å². The predicted octanol–water partition coefficient (Wildman–Crippen LogP) is 5.05. The number of para-hydroxylation sites is 1. The van der Waals surface area contributed by atoms with Crippen LogP contribution in [0.5, 0.6) is 0 Å². The maximum Gasteiger partial charge on any atom is 0.0606 e. The molecule has 0 saturated carbocycles. The minimum Gasteiger partial charge on any atom is -0.395 e. The number of hydrogen-bond acceptors (Lipinski definition) is 2. The van der Waals surface area contributed by atoms with Crippen molar-refractivity contribution in [1.82, 2.24) is 4.98 Å². The zero-order valence-corrected chi connectivity index (χ0v) is 15.7. The molecule has 0 radical (unpaired) electrons. The first-order valence-electron chi connectivity index (χ1n) is 8.31. The maximum atomic E-state index is 9.50. The minimum absolute atomic E-state index is 0.129. The number of aromatic amines is 1. The number of nitrogens with one attached hydrogen (secondary N) is 1. The summed E-state index contributed by atoms with van der Waals surface area (Å²) in [5.41, 5.74) is 4.70. The zero-order valence-electron chi connectivity index (χ0n) is 14.1. The van der Waals surface area contributed by atoms with Gasteiger partial charge in [-0.3, -0.25) is 0 Å². The summed E-state index contributed by atoms with van der Waals surface area (Å²) in [5, 5.41) is 10.7. The summed E-state index contributed by atoms with van der Waals surface area (Å²) in [6.07, 6.45) is 0. The van der Waals surface area contributed by atoms with Crippen LogP contribution in [-0.4, -0.2) is 23.2 Å². The van der Waals surface area contributed by atoms with Crippen molar-refractivity contribution in [3.05, 3.63) is 64.3 Å². The van der Waals surface area contributed by atoms with Crippen LogP contribution in [0.15, 0.2) is 53.0 Å². The molecule has 3 aromatic rings. The van der Waals surface area contributed by atoms with Gasteiger partial charge in [0.15, 0.2) is 0 Å². The number of benzene rings is 2. The van der Waals surface area contributed by atoms with Crippen LogP contribution < -0.4 is 4.90 Å². The second-order valence-electron chi connectivity index (χ2n) is 6.36. The molecule has 126 valence electrons. The van der Waals surface area contributed by atoms with Crippen molar-refractivity contribution in [1.29, 1.82) is 0 Å². The Hall–Kier alpha value is -1.78. The van der Waals surface area contributed by atoms with Gasteiger partial charge in [-0.05, 0) is 45.6 Å². The molecule has 2 N–H and O–H groups in total. The Labute approximate surface area is 151 Å². The van der Waals surface area contributed by atoms with E-state index < -0.39 is 0 Å². The summed E-state index contributed by atoms with van der Waals surface area (Å²) in [4.78, 5) is 5.70. The van der Waals surface area contributed by atoms with E-state index in [-0.39, 0.29) is 6.61 Å². The average Bonchev–Trinajstić information content (AvgIpc) is 2.91. The molecule has 3 rings (SSSR count). The van der Waals surface area contributed by atoms with Crippen molar-refractivity contribution in [3.63, 3.8) is 0 Å². The smallest absolute Gasteiger partial charge is 0.0606 e. The lowest BCUT2D eigenvalue weighted by molar-refractivity contribution is 0.301. The quantitative estimate of drug-likeness (QED) is 0.621. The lowest BCUT2D eigenvalue weighted by Gasteiger charge is -2.24. The number of anilines is 1. The minimum atomic E-state index is 0.129. The lowest BCUT2D eigenvalue weighted by atomic mass is 10.0. The molecule has 0 saturated heterocycles. The molecule has 0 fully saturated rings. The molecule has 0 atom stereocenters. The normalized spacial score (nSPS) is 11.4. The molecule has 0 aliphatic carbocycles. The van der Waals surface area contributed by atoms with E-state index in [1.165, 1.54) is 10.9 Å². The predicted molar refractivity (Wildman–Crippen MR) is 105 cm³/mol. The number of aromatic nitrogens is 1. The first-order chi connectivity index (χ1) is 11.6. The van der Waals surface area contributed by atoms with E-state index in [4.69, 9.17) is 0 Å². The number of halogens is 1. The summed E-state index contributed by atoms with van der Waals surface area (Å²) in [7, 11) is 0. The summed E-state index contributed by atoms with van der Waals surface area (Å²) in [6, 6.07) is 16.8. The molecule has 1 aromatic heterocycles. The highest BCUT2D eigenvalue weighted by molar-refractivity contribution is 9.10. The zero-order chi connectivity index (χ0) is 17.1. The Morgan fingerprint density at radius 1 is 1.12 bits per heavy atom. The number of H-pyrrole nitrogens is 1. The second-order valence-corrected chi connectivity index (χ2v) is 7.15. The Balaban J connectivity index is 1.93. The van der Waals surface area contributed by atoms with Gasteiger partial charge in [-0.1, -0.05) is 44.2 Å². The van der Waals surface area contributed by atoms with Gasteiger partial charge < -0.3 is 15.0 Å². The summed E-state index contributed by atoms with van der Waals surface area (Å²) >= 11 is 3.72. The van der Waals surface area contributed by atoms with E-state index in [0.29, 0.717) is 12.5 Å². The molecular formula is C20H23BrN2O. The van der Waals surface area contributed by atoms with Crippen LogP contribution in [0.3, 0.4) is 0 Å². The summed E-state index contributed by atoms with van der Waals surface area (Å²) in [6.45, 7) is 5.85. The molecular weight excluding hydrogens is 364 g/mol. The number of aliphatic hydroxyl groups excluding tert-OH is 1. The third-order valence-corrected chi connectivity index (χ3v) is 5.24. The largest absolute Gasteiger partial charge is 0.395 e. The fourth-order valence-corrected chi connectivity index (χ4v) is 3.53. The Morgan fingerprint density at radius 2 is 1.92 bits per heavy atom. The van der Waals surface area contributed by atoms with Gasteiger partial charge in [0.1, 0.15) is 0 Å². The standard InChI is InChI=1S/C20H23BrN2O/c1-14(2)15-6-5-7-16(12-15)23(10-11-24)13-19-20(21)17-8-3-4-9-18(17)22-19/h3-9,12,14,22,24H,10-11,13H2,1-2H3. The summed E-state index contributed by atoms with van der Waals surface area (Å²) in [5.74, 6) is 0.487.